The van der Waals surface area contributed by atoms with Crippen molar-refractivity contribution in [2.24, 2.45) is 11.7 Å². The van der Waals surface area contributed by atoms with Gasteiger partial charge in [0.2, 0.25) is 11.8 Å². The average molecular weight is 450 g/mol. The van der Waals surface area contributed by atoms with Gasteiger partial charge in [0, 0.05) is 30.8 Å². The fraction of sp³-hybridized carbons (Fsp3) is 0.417. The molecular weight excluding hydrogens is 414 g/mol. The standard InChI is InChI=1S/C19H26ClN3O3.C3H4.C2H6/c1-5-12(2)10-17(25)22-18-15(14(11-24)6-7-16(18)20)8-9-23(4)13(3)19(21)26;1-3-2;1-2/h6-9,11-13H,5,10H2,1-4H3,(H2,21,26)(H,22,25);1-2H2;1-2H3/b9-8-;;/t12?,13-;;/m1../s1. The zero-order valence-electron chi connectivity index (χ0n) is 19.5. The van der Waals surface area contributed by atoms with Gasteiger partial charge in [-0.3, -0.25) is 14.4 Å². The molecule has 7 heteroatoms. The summed E-state index contributed by atoms with van der Waals surface area (Å²) in [6, 6.07) is 2.63. The van der Waals surface area contributed by atoms with Crippen LogP contribution in [-0.2, 0) is 9.59 Å². The van der Waals surface area contributed by atoms with Gasteiger partial charge in [0.25, 0.3) is 0 Å². The Kier molecular flexibility index (Phi) is 16.6. The van der Waals surface area contributed by atoms with Gasteiger partial charge >= 0.3 is 0 Å². The SMILES string of the molecule is C=C=C.CC.CCC(C)CC(=O)Nc1c(Cl)ccc(C=O)c1/C=C\N(C)[C@H](C)C(N)=O. The van der Waals surface area contributed by atoms with E-state index in [2.05, 4.69) is 24.2 Å². The van der Waals surface area contributed by atoms with Crippen LogP contribution < -0.4 is 11.1 Å². The van der Waals surface area contributed by atoms with Gasteiger partial charge in [0.15, 0.2) is 6.29 Å². The van der Waals surface area contributed by atoms with Crippen LogP contribution in [0.1, 0.15) is 63.4 Å². The van der Waals surface area contributed by atoms with Crippen LogP contribution in [0.15, 0.2) is 37.2 Å². The third-order valence-corrected chi connectivity index (χ3v) is 4.66. The van der Waals surface area contributed by atoms with E-state index in [0.717, 1.165) is 6.42 Å². The van der Waals surface area contributed by atoms with Crippen LogP contribution in [-0.4, -0.2) is 36.1 Å². The molecule has 0 aliphatic rings. The van der Waals surface area contributed by atoms with Gasteiger partial charge in [-0.15, -0.1) is 5.73 Å². The van der Waals surface area contributed by atoms with Gasteiger partial charge in [-0.2, -0.15) is 0 Å². The first-order valence-corrected chi connectivity index (χ1v) is 10.6. The van der Waals surface area contributed by atoms with Gasteiger partial charge < -0.3 is 16.0 Å². The van der Waals surface area contributed by atoms with Crippen LogP contribution in [0.2, 0.25) is 5.02 Å². The van der Waals surface area contributed by atoms with E-state index in [4.69, 9.17) is 17.3 Å². The van der Waals surface area contributed by atoms with Gasteiger partial charge in [-0.1, -0.05) is 58.9 Å². The van der Waals surface area contributed by atoms with Crippen molar-refractivity contribution >= 4 is 41.5 Å². The third kappa shape index (κ3) is 11.2. The van der Waals surface area contributed by atoms with Crippen molar-refractivity contribution in [1.29, 1.82) is 0 Å². The summed E-state index contributed by atoms with van der Waals surface area (Å²) < 4.78 is 0. The van der Waals surface area contributed by atoms with E-state index >= 15 is 0 Å². The van der Waals surface area contributed by atoms with E-state index in [1.807, 2.05) is 27.7 Å². The van der Waals surface area contributed by atoms with Gasteiger partial charge in [0.05, 0.1) is 10.7 Å². The number of aldehydes is 1. The maximum Gasteiger partial charge on any atom is 0.239 e. The number of halogens is 1. The lowest BCUT2D eigenvalue weighted by atomic mass is 10.0. The topological polar surface area (TPSA) is 92.5 Å². The van der Waals surface area contributed by atoms with Crippen LogP contribution in [0, 0.1) is 5.92 Å². The molecule has 3 N–H and O–H groups in total. The fourth-order valence-corrected chi connectivity index (χ4v) is 2.40. The highest BCUT2D eigenvalue weighted by Gasteiger charge is 2.16. The van der Waals surface area contributed by atoms with Gasteiger partial charge in [-0.25, -0.2) is 0 Å². The molecule has 0 bridgehead atoms. The minimum absolute atomic E-state index is 0.169. The predicted octanol–water partition coefficient (Wildman–Crippen LogP) is 5.29. The number of likely N-dealkylation sites (N-methyl/N-ethyl adjacent to an activating group) is 1. The summed E-state index contributed by atoms with van der Waals surface area (Å²) in [5, 5.41) is 3.14. The van der Waals surface area contributed by atoms with Gasteiger partial charge in [0.1, 0.15) is 6.04 Å². The van der Waals surface area contributed by atoms with E-state index in [-0.39, 0.29) is 11.8 Å². The minimum atomic E-state index is -0.520. The van der Waals surface area contributed by atoms with Crippen LogP contribution in [0.5, 0.6) is 0 Å². The zero-order chi connectivity index (χ0) is 24.6. The molecule has 0 fully saturated rings. The summed E-state index contributed by atoms with van der Waals surface area (Å²) >= 11 is 6.25. The molecule has 2 atom stereocenters. The number of hydrogen-bond donors (Lipinski definition) is 2. The molecule has 31 heavy (non-hydrogen) atoms. The van der Waals surface area contributed by atoms with E-state index in [9.17, 15) is 14.4 Å². The summed E-state index contributed by atoms with van der Waals surface area (Å²) in [5.41, 5.74) is 8.78. The second-order valence-corrected chi connectivity index (χ2v) is 7.03. The number of carbonyl (C=O) groups is 3. The van der Waals surface area contributed by atoms with Crippen LogP contribution in [0.4, 0.5) is 5.69 Å². The Morgan fingerprint density at radius 1 is 1.29 bits per heavy atom. The molecule has 0 saturated carbocycles. The normalized spacial score (nSPS) is 11.6. The lowest BCUT2D eigenvalue weighted by Gasteiger charge is -2.20. The lowest BCUT2D eigenvalue weighted by molar-refractivity contribution is -0.121. The summed E-state index contributed by atoms with van der Waals surface area (Å²) in [4.78, 5) is 36.6. The predicted molar refractivity (Wildman–Crippen MR) is 131 cm³/mol. The molecule has 0 heterocycles. The van der Waals surface area contributed by atoms with E-state index in [1.165, 1.54) is 0 Å². The first-order valence-electron chi connectivity index (χ1n) is 10.2. The molecular formula is C24H36ClN3O3. The summed E-state index contributed by atoms with van der Waals surface area (Å²) in [6.07, 6.45) is 5.20. The van der Waals surface area contributed by atoms with Crippen molar-refractivity contribution in [3.8, 4) is 0 Å². The second kappa shape index (κ2) is 16.9. The quantitative estimate of drug-likeness (QED) is 0.395. The van der Waals surface area contributed by atoms with E-state index in [0.29, 0.717) is 34.5 Å². The van der Waals surface area contributed by atoms with E-state index in [1.54, 1.807) is 43.3 Å². The van der Waals surface area contributed by atoms with E-state index < -0.39 is 11.9 Å². The van der Waals surface area contributed by atoms with Crippen LogP contribution >= 0.6 is 11.6 Å². The smallest absolute Gasteiger partial charge is 0.239 e. The molecule has 0 saturated heterocycles. The van der Waals surface area contributed by atoms with Crippen LogP contribution in [0.25, 0.3) is 6.08 Å². The Bertz CT molecular complexity index is 785. The number of nitrogens with zero attached hydrogens (tertiary/aromatic N) is 1. The number of anilines is 1. The van der Waals surface area contributed by atoms with Crippen molar-refractivity contribution in [2.75, 3.05) is 12.4 Å². The highest BCUT2D eigenvalue weighted by Crippen LogP contribution is 2.30. The molecule has 172 valence electrons. The highest BCUT2D eigenvalue weighted by molar-refractivity contribution is 6.34. The number of hydrogen-bond acceptors (Lipinski definition) is 4. The van der Waals surface area contributed by atoms with Crippen molar-refractivity contribution in [3.05, 3.63) is 53.4 Å². The molecule has 1 aromatic carbocycles. The first-order chi connectivity index (χ1) is 14.6. The van der Waals surface area contributed by atoms with Crippen LogP contribution in [0.3, 0.4) is 0 Å². The Morgan fingerprint density at radius 3 is 2.29 bits per heavy atom. The minimum Gasteiger partial charge on any atom is -0.369 e. The molecule has 6 nitrogen and oxygen atoms in total. The van der Waals surface area contributed by atoms with Gasteiger partial charge in [-0.05, 0) is 31.1 Å². The molecule has 0 radical (unpaired) electrons. The summed E-state index contributed by atoms with van der Waals surface area (Å²) in [7, 11) is 1.69. The van der Waals surface area contributed by atoms with Crippen molar-refractivity contribution in [3.63, 3.8) is 0 Å². The number of amides is 2. The number of nitrogens with two attached hydrogens (primary N) is 1. The van der Waals surface area contributed by atoms with Crippen molar-refractivity contribution in [2.45, 2.75) is 53.5 Å². The number of nitrogens with one attached hydrogen (secondary N) is 1. The molecule has 1 aromatic rings. The second-order valence-electron chi connectivity index (χ2n) is 6.62. The first kappa shape index (κ1) is 30.4. The highest BCUT2D eigenvalue weighted by atomic mass is 35.5. The zero-order valence-corrected chi connectivity index (χ0v) is 20.3. The Balaban J connectivity index is 0. The number of carbonyl (C=O) groups excluding carboxylic acids is 3. The monoisotopic (exact) mass is 449 g/mol. The number of rotatable bonds is 9. The lowest BCUT2D eigenvalue weighted by Crippen LogP contribution is -2.37. The molecule has 1 unspecified atom stereocenters. The largest absolute Gasteiger partial charge is 0.369 e. The molecule has 1 rings (SSSR count). The maximum atomic E-state index is 12.3. The molecule has 0 aliphatic carbocycles. The summed E-state index contributed by atoms with van der Waals surface area (Å²) in [5.74, 6) is -0.400. The Hall–Kier alpha value is -2.82. The number of benzene rings is 1. The Labute approximate surface area is 191 Å². The van der Waals surface area contributed by atoms with Crippen molar-refractivity contribution < 1.29 is 14.4 Å². The fourth-order valence-electron chi connectivity index (χ4n) is 2.19. The summed E-state index contributed by atoms with van der Waals surface area (Å²) in [6.45, 7) is 15.9. The Morgan fingerprint density at radius 2 is 1.84 bits per heavy atom. The average Bonchev–Trinajstić information content (AvgIpc) is 2.74. The number of primary amides is 1. The third-order valence-electron chi connectivity index (χ3n) is 4.35. The van der Waals surface area contributed by atoms with Crippen molar-refractivity contribution in [1.82, 2.24) is 4.90 Å². The molecule has 0 aromatic heterocycles. The molecule has 2 amide bonds. The molecule has 0 aliphatic heterocycles. The molecule has 0 spiro atoms. The maximum absolute atomic E-state index is 12.3.